The molecule has 7 heteroatoms. The van der Waals surface area contributed by atoms with Gasteiger partial charge in [0, 0.05) is 11.5 Å². The lowest BCUT2D eigenvalue weighted by molar-refractivity contribution is -0.139. The van der Waals surface area contributed by atoms with Crippen molar-refractivity contribution < 1.29 is 32.5 Å². The average Bonchev–Trinajstić information content (AvgIpc) is 3.26. The Bertz CT molecular complexity index is 565. The van der Waals surface area contributed by atoms with Crippen LogP contribution in [0, 0.1) is 5.92 Å². The van der Waals surface area contributed by atoms with E-state index in [1.807, 2.05) is 0 Å². The van der Waals surface area contributed by atoms with Gasteiger partial charge in [-0.3, -0.25) is 4.79 Å². The lowest BCUT2D eigenvalue weighted by atomic mass is 9.89. The lowest BCUT2D eigenvalue weighted by Gasteiger charge is -2.22. The van der Waals surface area contributed by atoms with Crippen LogP contribution in [-0.2, 0) is 11.0 Å². The summed E-state index contributed by atoms with van der Waals surface area (Å²) >= 11 is 0. The van der Waals surface area contributed by atoms with Gasteiger partial charge >= 0.3 is 12.1 Å². The van der Waals surface area contributed by atoms with E-state index >= 15 is 0 Å². The van der Waals surface area contributed by atoms with Crippen LogP contribution in [0.5, 0.6) is 11.5 Å². The maximum Gasteiger partial charge on any atom is 0.420 e. The molecule has 1 unspecified atom stereocenters. The van der Waals surface area contributed by atoms with Crippen molar-refractivity contribution in [1.29, 1.82) is 0 Å². The molecule has 1 atom stereocenters. The standard InChI is InChI=1S/C15H17F3O4/c1-21-13-9(10(7-12(19)20)8-3-4-8)5-6-11(14(13)22-2)15(16,17)18/h5-6,8,10H,3-4,7H2,1-2H3,(H,19,20). The van der Waals surface area contributed by atoms with Crippen LogP contribution in [0.3, 0.4) is 0 Å². The fourth-order valence-corrected chi connectivity index (χ4v) is 2.72. The molecule has 2 rings (SSSR count). The fraction of sp³-hybridized carbons (Fsp3) is 0.533. The Labute approximate surface area is 125 Å². The third kappa shape index (κ3) is 3.28. The van der Waals surface area contributed by atoms with Gasteiger partial charge in [0.1, 0.15) is 5.56 Å². The molecular formula is C15H17F3O4. The maximum atomic E-state index is 13.0. The molecule has 1 aliphatic rings. The molecule has 1 saturated carbocycles. The van der Waals surface area contributed by atoms with Crippen LogP contribution < -0.4 is 9.47 Å². The van der Waals surface area contributed by atoms with Gasteiger partial charge in [-0.1, -0.05) is 6.07 Å². The molecule has 1 fully saturated rings. The van der Waals surface area contributed by atoms with E-state index in [0.717, 1.165) is 26.0 Å². The minimum atomic E-state index is -4.57. The molecule has 0 saturated heterocycles. The van der Waals surface area contributed by atoms with E-state index in [1.165, 1.54) is 13.2 Å². The van der Waals surface area contributed by atoms with Gasteiger partial charge in [0.25, 0.3) is 0 Å². The number of methoxy groups -OCH3 is 2. The monoisotopic (exact) mass is 318 g/mol. The highest BCUT2D eigenvalue weighted by atomic mass is 19.4. The number of rotatable bonds is 6. The number of carboxylic acids is 1. The summed E-state index contributed by atoms with van der Waals surface area (Å²) in [7, 11) is 2.40. The zero-order valence-corrected chi connectivity index (χ0v) is 12.2. The van der Waals surface area contributed by atoms with Crippen LogP contribution in [-0.4, -0.2) is 25.3 Å². The molecule has 122 valence electrons. The van der Waals surface area contributed by atoms with Crippen molar-refractivity contribution in [2.24, 2.45) is 5.92 Å². The van der Waals surface area contributed by atoms with Crippen molar-refractivity contribution in [2.75, 3.05) is 14.2 Å². The van der Waals surface area contributed by atoms with Gasteiger partial charge in [0.2, 0.25) is 0 Å². The van der Waals surface area contributed by atoms with Crippen molar-refractivity contribution in [2.45, 2.75) is 31.4 Å². The second kappa shape index (κ2) is 6.06. The van der Waals surface area contributed by atoms with Crippen molar-refractivity contribution in [3.05, 3.63) is 23.3 Å². The van der Waals surface area contributed by atoms with Crippen molar-refractivity contribution in [3.63, 3.8) is 0 Å². The minimum Gasteiger partial charge on any atom is -0.493 e. The molecule has 1 aromatic carbocycles. The van der Waals surface area contributed by atoms with Crippen LogP contribution in [0.1, 0.15) is 36.3 Å². The zero-order chi connectivity index (χ0) is 16.5. The Morgan fingerprint density at radius 1 is 1.27 bits per heavy atom. The van der Waals surface area contributed by atoms with Crippen LogP contribution in [0.4, 0.5) is 13.2 Å². The Kier molecular flexibility index (Phi) is 4.53. The van der Waals surface area contributed by atoms with Crippen LogP contribution in [0.2, 0.25) is 0 Å². The van der Waals surface area contributed by atoms with Gasteiger partial charge in [-0.05, 0) is 24.8 Å². The third-order valence-corrected chi connectivity index (χ3v) is 3.84. The molecule has 0 bridgehead atoms. The van der Waals surface area contributed by atoms with E-state index in [4.69, 9.17) is 14.6 Å². The Balaban J connectivity index is 2.53. The molecule has 0 heterocycles. The molecule has 0 aromatic heterocycles. The average molecular weight is 318 g/mol. The van der Waals surface area contributed by atoms with Gasteiger partial charge in [-0.2, -0.15) is 13.2 Å². The second-order valence-electron chi connectivity index (χ2n) is 5.31. The predicted molar refractivity (Wildman–Crippen MR) is 72.3 cm³/mol. The van der Waals surface area contributed by atoms with Gasteiger partial charge < -0.3 is 14.6 Å². The first-order valence-corrected chi connectivity index (χ1v) is 6.83. The quantitative estimate of drug-likeness (QED) is 0.869. The van der Waals surface area contributed by atoms with E-state index in [2.05, 4.69) is 0 Å². The normalized spacial score (nSPS) is 16.2. The molecular weight excluding hydrogens is 301 g/mol. The summed E-state index contributed by atoms with van der Waals surface area (Å²) in [5.41, 5.74) is -0.474. The van der Waals surface area contributed by atoms with E-state index in [1.54, 1.807) is 0 Å². The maximum absolute atomic E-state index is 13.0. The van der Waals surface area contributed by atoms with Crippen LogP contribution in [0.25, 0.3) is 0 Å². The first-order chi connectivity index (χ1) is 10.3. The number of hydrogen-bond donors (Lipinski definition) is 1. The molecule has 1 aliphatic carbocycles. The van der Waals surface area contributed by atoms with Crippen molar-refractivity contribution in [1.82, 2.24) is 0 Å². The van der Waals surface area contributed by atoms with E-state index in [9.17, 15) is 18.0 Å². The molecule has 0 amide bonds. The molecule has 0 aliphatic heterocycles. The summed E-state index contributed by atoms with van der Waals surface area (Å²) in [6.07, 6.45) is -2.98. The summed E-state index contributed by atoms with van der Waals surface area (Å²) in [4.78, 5) is 11.0. The second-order valence-corrected chi connectivity index (χ2v) is 5.31. The van der Waals surface area contributed by atoms with Crippen molar-refractivity contribution >= 4 is 5.97 Å². The summed E-state index contributed by atoms with van der Waals surface area (Å²) in [6, 6.07) is 2.23. The summed E-state index contributed by atoms with van der Waals surface area (Å²) in [6.45, 7) is 0. The van der Waals surface area contributed by atoms with Crippen molar-refractivity contribution in [3.8, 4) is 11.5 Å². The number of carbonyl (C=O) groups is 1. The molecule has 4 nitrogen and oxygen atoms in total. The van der Waals surface area contributed by atoms with Gasteiger partial charge in [0.05, 0.1) is 20.6 Å². The number of halogens is 3. The number of aliphatic carboxylic acids is 1. The molecule has 0 radical (unpaired) electrons. The largest absolute Gasteiger partial charge is 0.493 e. The van der Waals surface area contributed by atoms with Crippen LogP contribution in [0.15, 0.2) is 12.1 Å². The predicted octanol–water partition coefficient (Wildman–Crippen LogP) is 3.69. The van der Waals surface area contributed by atoms with Gasteiger partial charge in [-0.15, -0.1) is 0 Å². The zero-order valence-electron chi connectivity index (χ0n) is 12.2. The first kappa shape index (κ1) is 16.5. The number of alkyl halides is 3. The van der Waals surface area contributed by atoms with Gasteiger partial charge in [0.15, 0.2) is 11.5 Å². The Morgan fingerprint density at radius 3 is 2.27 bits per heavy atom. The SMILES string of the molecule is COc1c(C(CC(=O)O)C2CC2)ccc(C(F)(F)F)c1OC. The summed E-state index contributed by atoms with van der Waals surface area (Å²) in [5.74, 6) is -1.63. The number of hydrogen-bond acceptors (Lipinski definition) is 3. The highest BCUT2D eigenvalue weighted by Gasteiger charge is 2.40. The lowest BCUT2D eigenvalue weighted by Crippen LogP contribution is -2.13. The number of ether oxygens (including phenoxy) is 2. The molecule has 0 spiro atoms. The van der Waals surface area contributed by atoms with Gasteiger partial charge in [-0.25, -0.2) is 0 Å². The third-order valence-electron chi connectivity index (χ3n) is 3.84. The Hall–Kier alpha value is -1.92. The molecule has 1 N–H and O–H groups in total. The minimum absolute atomic E-state index is 0.0320. The highest BCUT2D eigenvalue weighted by molar-refractivity contribution is 5.69. The van der Waals surface area contributed by atoms with Crippen LogP contribution >= 0.6 is 0 Å². The molecule has 22 heavy (non-hydrogen) atoms. The van der Waals surface area contributed by atoms with E-state index in [0.29, 0.717) is 5.56 Å². The van der Waals surface area contributed by atoms with E-state index < -0.39 is 23.5 Å². The topological polar surface area (TPSA) is 55.8 Å². The van der Waals surface area contributed by atoms with E-state index in [-0.39, 0.29) is 24.0 Å². The summed E-state index contributed by atoms with van der Waals surface area (Å²) in [5, 5.41) is 9.04. The number of benzene rings is 1. The fourth-order valence-electron chi connectivity index (χ4n) is 2.72. The summed E-state index contributed by atoms with van der Waals surface area (Å²) < 4.78 is 49.1. The number of carboxylic acid groups (broad SMARTS) is 1. The molecule has 1 aromatic rings. The smallest absolute Gasteiger partial charge is 0.420 e. The Morgan fingerprint density at radius 2 is 1.86 bits per heavy atom. The first-order valence-electron chi connectivity index (χ1n) is 6.83. The highest BCUT2D eigenvalue weighted by Crippen LogP contribution is 2.51.